The maximum atomic E-state index is 6.18. The summed E-state index contributed by atoms with van der Waals surface area (Å²) in [4.78, 5) is 4.16. The van der Waals surface area contributed by atoms with Gasteiger partial charge in [-0.2, -0.15) is 0 Å². The average molecular weight is 413 g/mol. The molecule has 0 spiro atoms. The highest BCUT2D eigenvalue weighted by Crippen LogP contribution is 2.36. The van der Waals surface area contributed by atoms with Gasteiger partial charge in [0.25, 0.3) is 0 Å². The van der Waals surface area contributed by atoms with Crippen LogP contribution in [0, 0.1) is 0 Å². The lowest BCUT2D eigenvalue weighted by Crippen LogP contribution is -2.40. The summed E-state index contributed by atoms with van der Waals surface area (Å²) >= 11 is 9.60. The van der Waals surface area contributed by atoms with Crippen molar-refractivity contribution in [1.82, 2.24) is 4.98 Å². The van der Waals surface area contributed by atoms with E-state index in [2.05, 4.69) is 73.0 Å². The smallest absolute Gasteiger partial charge is 0.192 e. The summed E-state index contributed by atoms with van der Waals surface area (Å²) in [6.07, 6.45) is 5.97. The fourth-order valence-corrected chi connectivity index (χ4v) is 3.55. The van der Waals surface area contributed by atoms with Gasteiger partial charge >= 0.3 is 0 Å². The van der Waals surface area contributed by atoms with Crippen molar-refractivity contribution in [3.8, 4) is 0 Å². The largest absolute Gasteiger partial charge is 0.413 e. The molecule has 0 atom stereocenters. The van der Waals surface area contributed by atoms with E-state index in [1.54, 1.807) is 6.20 Å². The Labute approximate surface area is 153 Å². The number of rotatable bonds is 4. The van der Waals surface area contributed by atoms with Crippen molar-refractivity contribution >= 4 is 52.7 Å². The van der Waals surface area contributed by atoms with Crippen LogP contribution in [-0.2, 0) is 4.43 Å². The zero-order valence-electron chi connectivity index (χ0n) is 14.3. The number of benzene rings is 1. The number of hydrogen-bond donors (Lipinski definition) is 0. The minimum atomic E-state index is -1.70. The van der Waals surface area contributed by atoms with Gasteiger partial charge in [0.15, 0.2) is 8.32 Å². The molecule has 0 bridgehead atoms. The number of halogens is 2. The Balaban J connectivity index is 2.19. The van der Waals surface area contributed by atoms with Crippen LogP contribution in [0.1, 0.15) is 26.3 Å². The van der Waals surface area contributed by atoms with Crippen LogP contribution in [0.4, 0.5) is 0 Å². The molecule has 0 aliphatic heterocycles. The Bertz CT molecular complexity index is 738. The third-order valence-corrected chi connectivity index (χ3v) is 9.89. The third kappa shape index (κ3) is 4.44. The van der Waals surface area contributed by atoms with Crippen LogP contribution in [0.2, 0.25) is 23.3 Å². The predicted octanol–water partition coefficient (Wildman–Crippen LogP) is 6.69. The number of pyridine rings is 1. The molecule has 124 valence electrons. The molecule has 0 saturated heterocycles. The summed E-state index contributed by atoms with van der Waals surface area (Å²) in [7, 11) is -1.70. The summed E-state index contributed by atoms with van der Waals surface area (Å²) in [5, 5.41) is 2.87. The van der Waals surface area contributed by atoms with Crippen molar-refractivity contribution in [3.05, 3.63) is 45.7 Å². The zero-order chi connectivity index (χ0) is 17.3. The summed E-state index contributed by atoms with van der Waals surface area (Å²) < 4.78 is 7.20. The van der Waals surface area contributed by atoms with Crippen molar-refractivity contribution in [1.29, 1.82) is 0 Å². The molecule has 0 saturated carbocycles. The highest BCUT2D eigenvalue weighted by molar-refractivity contribution is 9.10. The first kappa shape index (κ1) is 18.7. The third-order valence-electron chi connectivity index (χ3n) is 4.49. The van der Waals surface area contributed by atoms with Crippen molar-refractivity contribution in [2.24, 2.45) is 0 Å². The number of fused-ring (bicyclic) bond motifs is 1. The van der Waals surface area contributed by atoms with Gasteiger partial charge in [0.2, 0.25) is 0 Å². The Morgan fingerprint density at radius 1 is 1.26 bits per heavy atom. The summed E-state index contributed by atoms with van der Waals surface area (Å²) in [5.41, 5.74) is 1.12. The molecule has 0 unspecified atom stereocenters. The molecule has 2 nitrogen and oxygen atoms in total. The van der Waals surface area contributed by atoms with Gasteiger partial charge in [0, 0.05) is 16.1 Å². The van der Waals surface area contributed by atoms with Crippen LogP contribution < -0.4 is 0 Å². The van der Waals surface area contributed by atoms with Gasteiger partial charge < -0.3 is 4.43 Å². The first-order valence-corrected chi connectivity index (χ1v) is 11.7. The molecule has 5 heteroatoms. The van der Waals surface area contributed by atoms with Gasteiger partial charge in [-0.05, 0) is 41.2 Å². The molecule has 0 N–H and O–H groups in total. The van der Waals surface area contributed by atoms with Crippen LogP contribution in [0.15, 0.2) is 34.9 Å². The van der Waals surface area contributed by atoms with Crippen molar-refractivity contribution in [3.63, 3.8) is 0 Å². The standard InChI is InChI=1S/C18H23BrClNOSi/c1-18(2,3)23(4,5)22-10-6-7-13-8-9-16(19)15-12-21-17(20)11-14(13)15/h6-9,11-12H,10H2,1-5H3. The normalized spacial score (nSPS) is 13.2. The van der Waals surface area contributed by atoms with Gasteiger partial charge in [-0.25, -0.2) is 4.98 Å². The van der Waals surface area contributed by atoms with E-state index in [1.165, 1.54) is 0 Å². The van der Waals surface area contributed by atoms with Gasteiger partial charge in [-0.3, -0.25) is 0 Å². The Morgan fingerprint density at radius 3 is 2.61 bits per heavy atom. The molecule has 2 rings (SSSR count). The summed E-state index contributed by atoms with van der Waals surface area (Å²) in [6.45, 7) is 11.9. The Morgan fingerprint density at radius 2 is 1.96 bits per heavy atom. The number of aromatic nitrogens is 1. The summed E-state index contributed by atoms with van der Waals surface area (Å²) in [5.74, 6) is 0. The fraction of sp³-hybridized carbons (Fsp3) is 0.389. The molecule has 1 heterocycles. The molecule has 1 aromatic carbocycles. The first-order chi connectivity index (χ1) is 10.6. The molecule has 1 aromatic heterocycles. The molecule has 0 radical (unpaired) electrons. The van der Waals surface area contributed by atoms with E-state index in [9.17, 15) is 0 Å². The van der Waals surface area contributed by atoms with Gasteiger partial charge in [0.1, 0.15) is 5.15 Å². The lowest BCUT2D eigenvalue weighted by Gasteiger charge is -2.35. The average Bonchev–Trinajstić information content (AvgIpc) is 2.44. The van der Waals surface area contributed by atoms with Crippen LogP contribution in [-0.4, -0.2) is 19.9 Å². The zero-order valence-corrected chi connectivity index (χ0v) is 17.6. The Hall–Kier alpha value is -0.683. The molecule has 0 fully saturated rings. The van der Waals surface area contributed by atoms with Gasteiger partial charge in [0.05, 0.1) is 6.61 Å². The maximum Gasteiger partial charge on any atom is 0.192 e. The molecule has 0 aliphatic rings. The SMILES string of the molecule is CC(C)(C)[Si](C)(C)OCC=Cc1ccc(Br)c2cnc(Cl)cc12. The molecule has 2 aromatic rings. The quantitative estimate of drug-likeness (QED) is 0.412. The lowest BCUT2D eigenvalue weighted by atomic mass is 10.1. The van der Waals surface area contributed by atoms with E-state index >= 15 is 0 Å². The minimum Gasteiger partial charge on any atom is -0.413 e. The van der Waals surface area contributed by atoms with Crippen LogP contribution in [0.3, 0.4) is 0 Å². The van der Waals surface area contributed by atoms with Crippen molar-refractivity contribution in [2.75, 3.05) is 6.61 Å². The van der Waals surface area contributed by atoms with E-state index in [1.807, 2.05) is 12.1 Å². The molecule has 0 aliphatic carbocycles. The monoisotopic (exact) mass is 411 g/mol. The minimum absolute atomic E-state index is 0.227. The number of nitrogens with zero attached hydrogens (tertiary/aromatic N) is 1. The molecular formula is C18H23BrClNOSi. The van der Waals surface area contributed by atoms with E-state index in [-0.39, 0.29) is 5.04 Å². The van der Waals surface area contributed by atoms with Crippen LogP contribution in [0.25, 0.3) is 16.8 Å². The van der Waals surface area contributed by atoms with Gasteiger partial charge in [-0.1, -0.05) is 66.5 Å². The second-order valence-electron chi connectivity index (χ2n) is 7.16. The van der Waals surface area contributed by atoms with Crippen LogP contribution in [0.5, 0.6) is 0 Å². The highest BCUT2D eigenvalue weighted by Gasteiger charge is 2.36. The fourth-order valence-electron chi connectivity index (χ4n) is 1.99. The molecule has 23 heavy (non-hydrogen) atoms. The summed E-state index contributed by atoms with van der Waals surface area (Å²) in [6, 6.07) is 6.01. The Kier molecular flexibility index (Phi) is 5.72. The maximum absolute atomic E-state index is 6.18. The van der Waals surface area contributed by atoms with Crippen molar-refractivity contribution < 1.29 is 4.43 Å². The molecule has 0 amide bonds. The second-order valence-corrected chi connectivity index (χ2v) is 13.2. The van der Waals surface area contributed by atoms with E-state index in [0.717, 1.165) is 20.8 Å². The molecular weight excluding hydrogens is 390 g/mol. The lowest BCUT2D eigenvalue weighted by molar-refractivity contribution is 0.328. The highest BCUT2D eigenvalue weighted by atomic mass is 79.9. The number of hydrogen-bond acceptors (Lipinski definition) is 2. The van der Waals surface area contributed by atoms with Crippen LogP contribution >= 0.6 is 27.5 Å². The van der Waals surface area contributed by atoms with Gasteiger partial charge in [-0.15, -0.1) is 0 Å². The first-order valence-electron chi connectivity index (χ1n) is 7.66. The van der Waals surface area contributed by atoms with Crippen molar-refractivity contribution in [2.45, 2.75) is 38.9 Å². The van der Waals surface area contributed by atoms with E-state index < -0.39 is 8.32 Å². The topological polar surface area (TPSA) is 22.1 Å². The van der Waals surface area contributed by atoms with E-state index in [0.29, 0.717) is 11.8 Å². The second kappa shape index (κ2) is 7.05. The van der Waals surface area contributed by atoms with E-state index in [4.69, 9.17) is 16.0 Å². The predicted molar refractivity (Wildman–Crippen MR) is 107 cm³/mol.